The van der Waals surface area contributed by atoms with E-state index in [2.05, 4.69) is 4.98 Å². The lowest BCUT2D eigenvalue weighted by molar-refractivity contribution is -0.136. The fourth-order valence-electron chi connectivity index (χ4n) is 0.692. The Morgan fingerprint density at radius 3 is 2.71 bits per heavy atom. The van der Waals surface area contributed by atoms with Gasteiger partial charge >= 0.3 is 5.97 Å². The maximum Gasteiger partial charge on any atom is 0.304 e. The highest BCUT2D eigenvalue weighted by atomic mass is 35.5. The van der Waals surface area contributed by atoms with Crippen LogP contribution in [-0.4, -0.2) is 30.2 Å². The molecule has 0 aliphatic carbocycles. The van der Waals surface area contributed by atoms with E-state index in [4.69, 9.17) is 16.7 Å². The minimum Gasteiger partial charge on any atom is -0.481 e. The van der Waals surface area contributed by atoms with Gasteiger partial charge in [-0.25, -0.2) is 13.4 Å². The third kappa shape index (κ3) is 2.93. The monoisotopic (exact) mass is 255 g/mol. The molecule has 1 N–H and O–H groups in total. The molecule has 0 radical (unpaired) electrons. The fourth-order valence-corrected chi connectivity index (χ4v) is 3.33. The van der Waals surface area contributed by atoms with Gasteiger partial charge in [-0.15, -0.1) is 0 Å². The van der Waals surface area contributed by atoms with Crippen LogP contribution in [0.3, 0.4) is 0 Å². The van der Waals surface area contributed by atoms with Crippen LogP contribution in [0.4, 0.5) is 0 Å². The van der Waals surface area contributed by atoms with Crippen molar-refractivity contribution < 1.29 is 18.3 Å². The van der Waals surface area contributed by atoms with Crippen molar-refractivity contribution in [2.24, 2.45) is 0 Å². The van der Waals surface area contributed by atoms with Gasteiger partial charge in [0.05, 0.1) is 18.4 Å². The van der Waals surface area contributed by atoms with E-state index in [1.54, 1.807) is 0 Å². The molecule has 14 heavy (non-hydrogen) atoms. The number of carboxylic acids is 1. The van der Waals surface area contributed by atoms with E-state index < -0.39 is 28.0 Å². The lowest BCUT2D eigenvalue weighted by Gasteiger charge is -1.96. The van der Waals surface area contributed by atoms with Crippen LogP contribution < -0.4 is 0 Å². The molecule has 0 atom stereocenters. The lowest BCUT2D eigenvalue weighted by atomic mass is 10.5. The zero-order valence-electron chi connectivity index (χ0n) is 6.81. The Hall–Kier alpha value is -0.660. The molecule has 1 aromatic heterocycles. The normalized spacial score (nSPS) is 11.5. The maximum absolute atomic E-state index is 11.4. The summed E-state index contributed by atoms with van der Waals surface area (Å²) < 4.78 is 22.9. The molecule has 0 aromatic carbocycles. The van der Waals surface area contributed by atoms with E-state index in [0.717, 1.165) is 11.3 Å². The molecular formula is C6H6ClNO4S2. The molecule has 8 heteroatoms. The van der Waals surface area contributed by atoms with Gasteiger partial charge in [0.1, 0.15) is 4.34 Å². The van der Waals surface area contributed by atoms with Gasteiger partial charge in [-0.1, -0.05) is 22.9 Å². The van der Waals surface area contributed by atoms with E-state index >= 15 is 0 Å². The number of halogens is 1. The first-order valence-electron chi connectivity index (χ1n) is 3.48. The number of aromatic nitrogens is 1. The number of hydrogen-bond acceptors (Lipinski definition) is 5. The molecule has 0 aliphatic rings. The summed E-state index contributed by atoms with van der Waals surface area (Å²) in [5.41, 5.74) is 0. The summed E-state index contributed by atoms with van der Waals surface area (Å²) in [7, 11) is -3.59. The SMILES string of the molecule is O=C(O)CCS(=O)(=O)c1ncc(Cl)s1. The summed E-state index contributed by atoms with van der Waals surface area (Å²) in [6.07, 6.45) is 0.791. The van der Waals surface area contributed by atoms with Gasteiger partial charge < -0.3 is 5.11 Å². The molecule has 1 rings (SSSR count). The van der Waals surface area contributed by atoms with E-state index in [-0.39, 0.29) is 8.68 Å². The number of aliphatic carboxylic acids is 1. The van der Waals surface area contributed by atoms with Crippen molar-refractivity contribution in [1.29, 1.82) is 0 Å². The smallest absolute Gasteiger partial charge is 0.304 e. The molecule has 5 nitrogen and oxygen atoms in total. The van der Waals surface area contributed by atoms with Crippen molar-refractivity contribution in [2.45, 2.75) is 10.8 Å². The van der Waals surface area contributed by atoms with Crippen LogP contribution in [-0.2, 0) is 14.6 Å². The first kappa shape index (κ1) is 11.4. The van der Waals surface area contributed by atoms with Crippen LogP contribution in [0.5, 0.6) is 0 Å². The van der Waals surface area contributed by atoms with Gasteiger partial charge in [0.25, 0.3) is 0 Å². The van der Waals surface area contributed by atoms with Crippen molar-refractivity contribution in [1.82, 2.24) is 4.98 Å². The van der Waals surface area contributed by atoms with Crippen molar-refractivity contribution >= 4 is 38.7 Å². The predicted octanol–water partition coefficient (Wildman–Crippen LogP) is 1.04. The molecule has 0 spiro atoms. The highest BCUT2D eigenvalue weighted by Crippen LogP contribution is 2.23. The van der Waals surface area contributed by atoms with Gasteiger partial charge in [-0.3, -0.25) is 4.79 Å². The number of thiazole rings is 1. The van der Waals surface area contributed by atoms with Crippen LogP contribution in [0, 0.1) is 0 Å². The molecule has 0 aliphatic heterocycles. The number of carbonyl (C=O) groups is 1. The van der Waals surface area contributed by atoms with Crippen LogP contribution in [0.2, 0.25) is 4.34 Å². The summed E-state index contributed by atoms with van der Waals surface area (Å²) in [5.74, 6) is -1.61. The second-order valence-corrected chi connectivity index (χ2v) is 6.34. The molecule has 78 valence electrons. The Kier molecular flexibility index (Phi) is 3.46. The molecule has 0 amide bonds. The third-order valence-corrected chi connectivity index (χ3v) is 4.61. The highest BCUT2D eigenvalue weighted by Gasteiger charge is 2.19. The minimum absolute atomic E-state index is 0.135. The zero-order chi connectivity index (χ0) is 10.8. The highest BCUT2D eigenvalue weighted by molar-refractivity contribution is 7.93. The summed E-state index contributed by atoms with van der Waals surface area (Å²) >= 11 is 6.32. The Balaban J connectivity index is 2.81. The van der Waals surface area contributed by atoms with Gasteiger partial charge in [0.15, 0.2) is 0 Å². The fraction of sp³-hybridized carbons (Fsp3) is 0.333. The van der Waals surface area contributed by atoms with Gasteiger partial charge in [0.2, 0.25) is 14.2 Å². The largest absolute Gasteiger partial charge is 0.481 e. The lowest BCUT2D eigenvalue weighted by Crippen LogP contribution is -2.10. The topological polar surface area (TPSA) is 84.3 Å². The standard InChI is InChI=1S/C6H6ClNO4S2/c7-4-3-8-6(13-4)14(11,12)2-1-5(9)10/h3H,1-2H2,(H,9,10). The minimum atomic E-state index is -3.59. The molecule has 1 aromatic rings. The van der Waals surface area contributed by atoms with E-state index in [0.29, 0.717) is 0 Å². The average molecular weight is 256 g/mol. The van der Waals surface area contributed by atoms with Gasteiger partial charge in [-0.2, -0.15) is 0 Å². The van der Waals surface area contributed by atoms with Gasteiger partial charge in [-0.05, 0) is 0 Å². The molecule has 0 fully saturated rings. The van der Waals surface area contributed by atoms with Crippen LogP contribution in [0.15, 0.2) is 10.5 Å². The summed E-state index contributed by atoms with van der Waals surface area (Å²) in [6.45, 7) is 0. The van der Waals surface area contributed by atoms with Crippen LogP contribution in [0.25, 0.3) is 0 Å². The summed E-state index contributed by atoms with van der Waals surface area (Å²) in [4.78, 5) is 13.7. The predicted molar refractivity (Wildman–Crippen MR) is 51.4 cm³/mol. The second kappa shape index (κ2) is 4.24. The summed E-state index contributed by atoms with van der Waals surface area (Å²) in [5, 5.41) is 8.32. The van der Waals surface area contributed by atoms with Crippen LogP contribution >= 0.6 is 22.9 Å². The maximum atomic E-state index is 11.4. The number of rotatable bonds is 4. The van der Waals surface area contributed by atoms with E-state index in [1.807, 2.05) is 0 Å². The van der Waals surface area contributed by atoms with E-state index in [9.17, 15) is 13.2 Å². The zero-order valence-corrected chi connectivity index (χ0v) is 9.19. The average Bonchev–Trinajstić information content (AvgIpc) is 2.49. The summed E-state index contributed by atoms with van der Waals surface area (Å²) in [6, 6.07) is 0. The molecular weight excluding hydrogens is 250 g/mol. The van der Waals surface area contributed by atoms with Crippen molar-refractivity contribution in [3.8, 4) is 0 Å². The Morgan fingerprint density at radius 2 is 2.29 bits per heavy atom. The molecule has 1 heterocycles. The number of carboxylic acid groups (broad SMARTS) is 1. The van der Waals surface area contributed by atoms with Crippen LogP contribution in [0.1, 0.15) is 6.42 Å². The number of sulfone groups is 1. The quantitative estimate of drug-likeness (QED) is 0.869. The third-order valence-electron chi connectivity index (χ3n) is 1.31. The first-order valence-corrected chi connectivity index (χ1v) is 6.32. The molecule has 0 saturated carbocycles. The molecule has 0 unspecified atom stereocenters. The first-order chi connectivity index (χ1) is 6.42. The van der Waals surface area contributed by atoms with Crippen molar-refractivity contribution in [2.75, 3.05) is 5.75 Å². The number of nitrogens with zero attached hydrogens (tertiary/aromatic N) is 1. The Morgan fingerprint density at radius 1 is 1.64 bits per heavy atom. The van der Waals surface area contributed by atoms with Crippen molar-refractivity contribution in [3.05, 3.63) is 10.5 Å². The number of hydrogen-bond donors (Lipinski definition) is 1. The Bertz CT molecular complexity index is 438. The Labute approximate surface area is 89.3 Å². The molecule has 0 bridgehead atoms. The van der Waals surface area contributed by atoms with Gasteiger partial charge in [0, 0.05) is 0 Å². The second-order valence-electron chi connectivity index (χ2n) is 2.39. The van der Waals surface area contributed by atoms with Crippen molar-refractivity contribution in [3.63, 3.8) is 0 Å². The molecule has 0 saturated heterocycles. The van der Waals surface area contributed by atoms with E-state index in [1.165, 1.54) is 6.20 Å².